The normalized spacial score (nSPS) is 40.2. The number of nitrogens with two attached hydrogens (primary N) is 1. The molecule has 3 aliphatic rings. The summed E-state index contributed by atoms with van der Waals surface area (Å²) in [5, 5.41) is 3.23. The van der Waals surface area contributed by atoms with Crippen molar-refractivity contribution in [3.8, 4) is 0 Å². The van der Waals surface area contributed by atoms with E-state index >= 15 is 0 Å². The second-order valence-corrected chi connectivity index (χ2v) is 5.80. The lowest BCUT2D eigenvalue weighted by atomic mass is 9.76. The number of hydrogen-bond acceptors (Lipinski definition) is 2. The lowest BCUT2D eigenvalue weighted by Crippen LogP contribution is -2.37. The topological polar surface area (TPSA) is 59.6 Å². The Morgan fingerprint density at radius 2 is 2.18 bits per heavy atom. The molecule has 0 aromatic carbocycles. The van der Waals surface area contributed by atoms with Crippen molar-refractivity contribution in [3.63, 3.8) is 0 Å². The van der Waals surface area contributed by atoms with Gasteiger partial charge in [0, 0.05) is 11.5 Å². The number of fused-ring (bicyclic) bond motifs is 2. The average Bonchev–Trinajstić information content (AvgIpc) is 2.84. The van der Waals surface area contributed by atoms with Crippen LogP contribution in [-0.2, 0) is 4.74 Å². The molecule has 3 fully saturated rings. The molecule has 4 nitrogen and oxygen atoms in total. The van der Waals surface area contributed by atoms with Crippen LogP contribution in [0.15, 0.2) is 4.99 Å². The molecule has 3 N–H and O–H groups in total. The van der Waals surface area contributed by atoms with Gasteiger partial charge in [-0.15, -0.1) is 24.0 Å². The fourth-order valence-electron chi connectivity index (χ4n) is 2.93. The van der Waals surface area contributed by atoms with Crippen LogP contribution in [0.1, 0.15) is 39.0 Å². The van der Waals surface area contributed by atoms with Gasteiger partial charge in [-0.2, -0.15) is 0 Å². The van der Waals surface area contributed by atoms with E-state index in [4.69, 9.17) is 10.5 Å². The molecule has 2 aliphatic heterocycles. The van der Waals surface area contributed by atoms with Crippen LogP contribution in [0.4, 0.5) is 0 Å². The SMILES string of the molecule is CC1(CN=C(N)NC2CC2)CC2CCC1O2.I. The summed E-state index contributed by atoms with van der Waals surface area (Å²) in [6.07, 6.45) is 6.96. The lowest BCUT2D eigenvalue weighted by molar-refractivity contribution is 0.0706. The Morgan fingerprint density at radius 3 is 2.71 bits per heavy atom. The number of guanidine groups is 1. The Labute approximate surface area is 120 Å². The highest BCUT2D eigenvalue weighted by Crippen LogP contribution is 2.47. The number of ether oxygens (including phenoxy) is 1. The van der Waals surface area contributed by atoms with Crippen molar-refractivity contribution in [1.82, 2.24) is 5.32 Å². The molecule has 2 saturated heterocycles. The third kappa shape index (κ3) is 2.86. The third-order valence-electron chi connectivity index (χ3n) is 4.12. The van der Waals surface area contributed by atoms with Crippen LogP contribution in [0.5, 0.6) is 0 Å². The minimum atomic E-state index is 0. The number of nitrogens with zero attached hydrogens (tertiary/aromatic N) is 1. The summed E-state index contributed by atoms with van der Waals surface area (Å²) in [6.45, 7) is 3.09. The van der Waals surface area contributed by atoms with Crippen molar-refractivity contribution in [2.24, 2.45) is 16.1 Å². The van der Waals surface area contributed by atoms with Crippen LogP contribution in [-0.4, -0.2) is 30.8 Å². The van der Waals surface area contributed by atoms with E-state index in [0.29, 0.717) is 24.2 Å². The van der Waals surface area contributed by atoms with Crippen molar-refractivity contribution >= 4 is 29.9 Å². The first kappa shape index (κ1) is 13.4. The summed E-state index contributed by atoms with van der Waals surface area (Å²) in [7, 11) is 0. The summed E-state index contributed by atoms with van der Waals surface area (Å²) in [4.78, 5) is 4.48. The van der Waals surface area contributed by atoms with E-state index in [9.17, 15) is 0 Å². The van der Waals surface area contributed by atoms with Crippen molar-refractivity contribution in [3.05, 3.63) is 0 Å². The molecular formula is C12H22IN3O. The van der Waals surface area contributed by atoms with Gasteiger partial charge in [-0.1, -0.05) is 6.92 Å². The van der Waals surface area contributed by atoms with E-state index in [1.165, 1.54) is 25.7 Å². The maximum atomic E-state index is 5.88. The van der Waals surface area contributed by atoms with Crippen molar-refractivity contribution in [2.75, 3.05) is 6.54 Å². The lowest BCUT2D eigenvalue weighted by Gasteiger charge is -2.29. The van der Waals surface area contributed by atoms with Gasteiger partial charge in [-0.25, -0.2) is 0 Å². The highest BCUT2D eigenvalue weighted by atomic mass is 127. The minimum absolute atomic E-state index is 0. The first-order chi connectivity index (χ1) is 7.66. The molecule has 17 heavy (non-hydrogen) atoms. The van der Waals surface area contributed by atoms with Gasteiger partial charge in [-0.3, -0.25) is 4.99 Å². The molecule has 2 bridgehead atoms. The summed E-state index contributed by atoms with van der Waals surface area (Å²) in [5.41, 5.74) is 6.07. The molecule has 1 saturated carbocycles. The Bertz CT molecular complexity index is 319. The summed E-state index contributed by atoms with van der Waals surface area (Å²) >= 11 is 0. The molecule has 0 amide bonds. The number of aliphatic imine (C=N–C) groups is 1. The molecule has 3 rings (SSSR count). The maximum Gasteiger partial charge on any atom is 0.188 e. The molecule has 1 aliphatic carbocycles. The molecule has 2 heterocycles. The monoisotopic (exact) mass is 351 g/mol. The van der Waals surface area contributed by atoms with Crippen LogP contribution in [0, 0.1) is 5.41 Å². The van der Waals surface area contributed by atoms with Crippen LogP contribution < -0.4 is 11.1 Å². The fraction of sp³-hybridized carbons (Fsp3) is 0.917. The minimum Gasteiger partial charge on any atom is -0.374 e. The maximum absolute atomic E-state index is 5.88. The van der Waals surface area contributed by atoms with Gasteiger partial charge in [-0.05, 0) is 32.1 Å². The van der Waals surface area contributed by atoms with Crippen molar-refractivity contribution in [2.45, 2.75) is 57.3 Å². The second-order valence-electron chi connectivity index (χ2n) is 5.80. The average molecular weight is 351 g/mol. The largest absolute Gasteiger partial charge is 0.374 e. The Kier molecular flexibility index (Phi) is 3.87. The molecule has 0 aromatic rings. The van der Waals surface area contributed by atoms with E-state index in [1.807, 2.05) is 0 Å². The first-order valence-electron chi connectivity index (χ1n) is 6.38. The Morgan fingerprint density at radius 1 is 1.41 bits per heavy atom. The van der Waals surface area contributed by atoms with Gasteiger partial charge in [0.1, 0.15) is 0 Å². The predicted molar refractivity (Wildman–Crippen MR) is 78.7 cm³/mol. The Hall–Kier alpha value is -0.0400. The van der Waals surface area contributed by atoms with Crippen LogP contribution in [0.25, 0.3) is 0 Å². The smallest absolute Gasteiger partial charge is 0.188 e. The molecule has 3 atom stereocenters. The van der Waals surface area contributed by atoms with Gasteiger partial charge in [0.25, 0.3) is 0 Å². The predicted octanol–water partition coefficient (Wildman–Crippen LogP) is 1.63. The van der Waals surface area contributed by atoms with Gasteiger partial charge in [0.05, 0.1) is 18.8 Å². The van der Waals surface area contributed by atoms with E-state index in [1.54, 1.807) is 0 Å². The Balaban J connectivity index is 0.00000108. The second kappa shape index (κ2) is 4.91. The molecule has 5 heteroatoms. The third-order valence-corrected chi connectivity index (χ3v) is 4.12. The molecular weight excluding hydrogens is 329 g/mol. The van der Waals surface area contributed by atoms with Crippen LogP contribution in [0.3, 0.4) is 0 Å². The summed E-state index contributed by atoms with van der Waals surface area (Å²) in [5.74, 6) is 0.617. The van der Waals surface area contributed by atoms with Crippen molar-refractivity contribution in [1.29, 1.82) is 0 Å². The number of halogens is 1. The zero-order valence-corrected chi connectivity index (χ0v) is 12.6. The van der Waals surface area contributed by atoms with E-state index in [-0.39, 0.29) is 29.4 Å². The van der Waals surface area contributed by atoms with Gasteiger partial charge >= 0.3 is 0 Å². The standard InChI is InChI=1S/C12H21N3O.HI/c1-12(6-9-4-5-10(12)16-9)7-14-11(13)15-8-2-3-8;/h8-10H,2-7H2,1H3,(H3,13,14,15);1H. The highest BCUT2D eigenvalue weighted by Gasteiger charge is 2.49. The fourth-order valence-corrected chi connectivity index (χ4v) is 2.93. The quantitative estimate of drug-likeness (QED) is 0.462. The molecule has 98 valence electrons. The summed E-state index contributed by atoms with van der Waals surface area (Å²) < 4.78 is 5.88. The first-order valence-corrected chi connectivity index (χ1v) is 6.38. The van der Waals surface area contributed by atoms with E-state index in [0.717, 1.165) is 13.0 Å². The van der Waals surface area contributed by atoms with E-state index in [2.05, 4.69) is 17.2 Å². The van der Waals surface area contributed by atoms with Gasteiger partial charge < -0.3 is 15.8 Å². The van der Waals surface area contributed by atoms with Crippen molar-refractivity contribution < 1.29 is 4.74 Å². The van der Waals surface area contributed by atoms with E-state index < -0.39 is 0 Å². The molecule has 0 radical (unpaired) electrons. The zero-order valence-electron chi connectivity index (χ0n) is 10.3. The summed E-state index contributed by atoms with van der Waals surface area (Å²) in [6, 6.07) is 0.591. The van der Waals surface area contributed by atoms with Crippen LogP contribution >= 0.6 is 24.0 Å². The molecule has 0 spiro atoms. The number of rotatable bonds is 3. The zero-order chi connectivity index (χ0) is 11.2. The molecule has 0 aromatic heterocycles. The number of nitrogens with one attached hydrogen (secondary N) is 1. The van der Waals surface area contributed by atoms with Gasteiger partial charge in [0.2, 0.25) is 0 Å². The number of hydrogen-bond donors (Lipinski definition) is 2. The van der Waals surface area contributed by atoms with Crippen LogP contribution in [0.2, 0.25) is 0 Å². The molecule has 3 unspecified atom stereocenters. The highest BCUT2D eigenvalue weighted by molar-refractivity contribution is 14.0. The van der Waals surface area contributed by atoms with Gasteiger partial charge in [0.15, 0.2) is 5.96 Å².